The quantitative estimate of drug-likeness (QED) is 0.581. The van der Waals surface area contributed by atoms with Crippen LogP contribution in [-0.4, -0.2) is 25.2 Å². The van der Waals surface area contributed by atoms with Crippen molar-refractivity contribution >= 4 is 35.1 Å². The Morgan fingerprint density at radius 2 is 1.00 bits per heavy atom. The standard InChI is InChI=1S/C20H20Cl2O4/c21-17-5-1-15(2-6-17)11-13-25-19(23)9-10-20(24)26-14-12-16-3-7-18(22)8-4-16/h1-8H,9-14H2. The van der Waals surface area contributed by atoms with Gasteiger partial charge in [0, 0.05) is 22.9 Å². The van der Waals surface area contributed by atoms with Crippen LogP contribution >= 0.6 is 23.2 Å². The molecule has 0 atom stereocenters. The lowest BCUT2D eigenvalue weighted by atomic mass is 10.2. The summed E-state index contributed by atoms with van der Waals surface area (Å²) in [5, 5.41) is 1.33. The molecular weight excluding hydrogens is 375 g/mol. The van der Waals surface area contributed by atoms with Crippen molar-refractivity contribution in [3.63, 3.8) is 0 Å². The minimum Gasteiger partial charge on any atom is -0.465 e. The van der Waals surface area contributed by atoms with Gasteiger partial charge in [-0.25, -0.2) is 0 Å². The number of hydrogen-bond donors (Lipinski definition) is 0. The van der Waals surface area contributed by atoms with Crippen LogP contribution < -0.4 is 0 Å². The molecule has 4 nitrogen and oxygen atoms in total. The van der Waals surface area contributed by atoms with E-state index >= 15 is 0 Å². The first-order valence-electron chi connectivity index (χ1n) is 8.33. The molecule has 0 fully saturated rings. The van der Waals surface area contributed by atoms with Crippen LogP contribution in [0.2, 0.25) is 10.0 Å². The minimum atomic E-state index is -0.409. The van der Waals surface area contributed by atoms with E-state index in [2.05, 4.69) is 0 Å². The van der Waals surface area contributed by atoms with E-state index in [1.807, 2.05) is 24.3 Å². The van der Waals surface area contributed by atoms with E-state index < -0.39 is 11.9 Å². The second-order valence-electron chi connectivity index (χ2n) is 5.69. The maximum absolute atomic E-state index is 11.7. The molecule has 0 aromatic heterocycles. The number of esters is 2. The van der Waals surface area contributed by atoms with Gasteiger partial charge in [-0.3, -0.25) is 9.59 Å². The summed E-state index contributed by atoms with van der Waals surface area (Å²) in [7, 11) is 0. The maximum Gasteiger partial charge on any atom is 0.306 e. The molecular formula is C20H20Cl2O4. The SMILES string of the molecule is O=C(CCC(=O)OCCc1ccc(Cl)cc1)OCCc1ccc(Cl)cc1. The molecule has 0 heterocycles. The van der Waals surface area contributed by atoms with Crippen molar-refractivity contribution in [1.29, 1.82) is 0 Å². The molecule has 0 saturated heterocycles. The number of halogens is 2. The molecule has 0 aliphatic heterocycles. The van der Waals surface area contributed by atoms with Crippen molar-refractivity contribution in [2.45, 2.75) is 25.7 Å². The van der Waals surface area contributed by atoms with E-state index in [-0.39, 0.29) is 26.1 Å². The summed E-state index contributed by atoms with van der Waals surface area (Å²) < 4.78 is 10.2. The Hall–Kier alpha value is -2.04. The molecule has 0 radical (unpaired) electrons. The van der Waals surface area contributed by atoms with Crippen molar-refractivity contribution in [3.05, 3.63) is 69.7 Å². The Balaban J connectivity index is 1.55. The van der Waals surface area contributed by atoms with E-state index in [0.29, 0.717) is 22.9 Å². The Labute approximate surface area is 163 Å². The number of carbonyl (C=O) groups is 2. The first-order valence-corrected chi connectivity index (χ1v) is 9.08. The highest BCUT2D eigenvalue weighted by molar-refractivity contribution is 6.30. The molecule has 0 N–H and O–H groups in total. The van der Waals surface area contributed by atoms with Gasteiger partial charge in [0.25, 0.3) is 0 Å². The zero-order chi connectivity index (χ0) is 18.8. The van der Waals surface area contributed by atoms with E-state index in [4.69, 9.17) is 32.7 Å². The summed E-state index contributed by atoms with van der Waals surface area (Å²) in [5.74, 6) is -0.817. The third kappa shape index (κ3) is 7.89. The van der Waals surface area contributed by atoms with Gasteiger partial charge < -0.3 is 9.47 Å². The number of benzene rings is 2. The normalized spacial score (nSPS) is 10.4. The van der Waals surface area contributed by atoms with Gasteiger partial charge in [-0.2, -0.15) is 0 Å². The molecule has 138 valence electrons. The van der Waals surface area contributed by atoms with Crippen LogP contribution in [0.15, 0.2) is 48.5 Å². The highest BCUT2D eigenvalue weighted by Gasteiger charge is 2.09. The summed E-state index contributed by atoms with van der Waals surface area (Å²) >= 11 is 11.6. The van der Waals surface area contributed by atoms with Gasteiger partial charge in [0.1, 0.15) is 0 Å². The van der Waals surface area contributed by atoms with Crippen molar-refractivity contribution < 1.29 is 19.1 Å². The summed E-state index contributed by atoms with van der Waals surface area (Å²) in [6.07, 6.45) is 1.24. The maximum atomic E-state index is 11.7. The van der Waals surface area contributed by atoms with Crippen molar-refractivity contribution in [1.82, 2.24) is 0 Å². The fraction of sp³-hybridized carbons (Fsp3) is 0.300. The van der Waals surface area contributed by atoms with Gasteiger partial charge in [-0.05, 0) is 35.4 Å². The Kier molecular flexibility index (Phi) is 8.45. The van der Waals surface area contributed by atoms with Gasteiger partial charge in [-0.1, -0.05) is 47.5 Å². The van der Waals surface area contributed by atoms with Gasteiger partial charge in [0.05, 0.1) is 26.1 Å². The van der Waals surface area contributed by atoms with Crippen LogP contribution in [0.25, 0.3) is 0 Å². The molecule has 2 aromatic rings. The van der Waals surface area contributed by atoms with Gasteiger partial charge >= 0.3 is 11.9 Å². The lowest BCUT2D eigenvalue weighted by Gasteiger charge is -2.06. The largest absolute Gasteiger partial charge is 0.465 e. The smallest absolute Gasteiger partial charge is 0.306 e. The Bertz CT molecular complexity index is 648. The van der Waals surface area contributed by atoms with Gasteiger partial charge in [0.15, 0.2) is 0 Å². The third-order valence-electron chi connectivity index (χ3n) is 3.67. The van der Waals surface area contributed by atoms with Crippen molar-refractivity contribution in [2.75, 3.05) is 13.2 Å². The Morgan fingerprint density at radius 3 is 1.35 bits per heavy atom. The Morgan fingerprint density at radius 1 is 0.654 bits per heavy atom. The van der Waals surface area contributed by atoms with E-state index in [1.54, 1.807) is 24.3 Å². The number of carbonyl (C=O) groups excluding carboxylic acids is 2. The van der Waals surface area contributed by atoms with Gasteiger partial charge in [-0.15, -0.1) is 0 Å². The summed E-state index contributed by atoms with van der Waals surface area (Å²) in [5.41, 5.74) is 2.06. The average Bonchev–Trinajstić information content (AvgIpc) is 2.63. The van der Waals surface area contributed by atoms with Crippen LogP contribution in [0.5, 0.6) is 0 Å². The molecule has 2 rings (SSSR count). The molecule has 6 heteroatoms. The fourth-order valence-electron chi connectivity index (χ4n) is 2.22. The van der Waals surface area contributed by atoms with Crippen molar-refractivity contribution in [2.24, 2.45) is 0 Å². The van der Waals surface area contributed by atoms with E-state index in [0.717, 1.165) is 11.1 Å². The number of hydrogen-bond acceptors (Lipinski definition) is 4. The molecule has 0 amide bonds. The van der Waals surface area contributed by atoms with E-state index in [9.17, 15) is 9.59 Å². The zero-order valence-electron chi connectivity index (χ0n) is 14.3. The third-order valence-corrected chi connectivity index (χ3v) is 4.17. The predicted octanol–water partition coefficient (Wildman–Crippen LogP) is 4.65. The molecule has 0 bridgehead atoms. The van der Waals surface area contributed by atoms with Crippen LogP contribution in [-0.2, 0) is 31.9 Å². The highest BCUT2D eigenvalue weighted by Crippen LogP contribution is 2.11. The van der Waals surface area contributed by atoms with E-state index in [1.165, 1.54) is 0 Å². The van der Waals surface area contributed by atoms with Gasteiger partial charge in [0.2, 0.25) is 0 Å². The van der Waals surface area contributed by atoms with Crippen molar-refractivity contribution in [3.8, 4) is 0 Å². The number of ether oxygens (including phenoxy) is 2. The molecule has 0 spiro atoms. The second kappa shape index (κ2) is 10.8. The predicted molar refractivity (Wildman–Crippen MR) is 101 cm³/mol. The first-order chi connectivity index (χ1) is 12.5. The highest BCUT2D eigenvalue weighted by atomic mass is 35.5. The van der Waals surface area contributed by atoms with Crippen LogP contribution in [0, 0.1) is 0 Å². The summed E-state index contributed by atoms with van der Waals surface area (Å²) in [6.45, 7) is 0.540. The number of rotatable bonds is 9. The molecule has 26 heavy (non-hydrogen) atoms. The molecule has 2 aromatic carbocycles. The second-order valence-corrected chi connectivity index (χ2v) is 6.57. The van der Waals surface area contributed by atoms with Crippen LogP contribution in [0.1, 0.15) is 24.0 Å². The summed E-state index contributed by atoms with van der Waals surface area (Å²) in [4.78, 5) is 23.3. The van der Waals surface area contributed by atoms with Crippen LogP contribution in [0.4, 0.5) is 0 Å². The van der Waals surface area contributed by atoms with Crippen LogP contribution in [0.3, 0.4) is 0 Å². The fourth-order valence-corrected chi connectivity index (χ4v) is 2.47. The lowest BCUT2D eigenvalue weighted by molar-refractivity contribution is -0.150. The molecule has 0 saturated carbocycles. The summed E-state index contributed by atoms with van der Waals surface area (Å²) in [6, 6.07) is 14.7. The average molecular weight is 395 g/mol. The zero-order valence-corrected chi connectivity index (χ0v) is 15.8. The topological polar surface area (TPSA) is 52.6 Å². The molecule has 0 aliphatic carbocycles. The molecule has 0 aliphatic rings. The molecule has 0 unspecified atom stereocenters. The minimum absolute atomic E-state index is 0.0143. The monoisotopic (exact) mass is 394 g/mol. The lowest BCUT2D eigenvalue weighted by Crippen LogP contribution is -2.12. The first kappa shape index (κ1) is 20.3.